The number of methoxy groups -OCH3 is 1. The van der Waals surface area contributed by atoms with E-state index in [9.17, 15) is 0 Å². The van der Waals surface area contributed by atoms with Crippen molar-refractivity contribution in [3.8, 4) is 0 Å². The molecule has 1 rings (SSSR count). The zero-order valence-corrected chi connectivity index (χ0v) is 10.8. The lowest BCUT2D eigenvalue weighted by Gasteiger charge is -2.08. The van der Waals surface area contributed by atoms with Crippen LogP contribution in [0.25, 0.3) is 0 Å². The molecule has 0 aromatic carbocycles. The predicted octanol–water partition coefficient (Wildman–Crippen LogP) is 1.37. The van der Waals surface area contributed by atoms with Gasteiger partial charge in [-0.2, -0.15) is 0 Å². The minimum Gasteiger partial charge on any atom is -0.382 e. The Kier molecular flexibility index (Phi) is 6.47. The lowest BCUT2D eigenvalue weighted by molar-refractivity contribution is 0.0613. The molecule has 6 heteroatoms. The Morgan fingerprint density at radius 2 is 2.19 bits per heavy atom. The monoisotopic (exact) mass is 245 g/mol. The van der Waals surface area contributed by atoms with E-state index in [1.165, 1.54) is 0 Å². The van der Waals surface area contributed by atoms with Crippen molar-refractivity contribution < 1.29 is 9.47 Å². The summed E-state index contributed by atoms with van der Waals surface area (Å²) in [5.74, 6) is 0. The summed E-state index contributed by atoms with van der Waals surface area (Å²) in [6.45, 7) is 3.84. The van der Waals surface area contributed by atoms with Crippen LogP contribution < -0.4 is 5.32 Å². The third kappa shape index (κ3) is 4.13. The minimum atomic E-state index is 0.297. The molecule has 0 aliphatic carbocycles. The van der Waals surface area contributed by atoms with Gasteiger partial charge < -0.3 is 14.8 Å². The van der Waals surface area contributed by atoms with E-state index in [-0.39, 0.29) is 0 Å². The maximum Gasteiger partial charge on any atom is 0.143 e. The van der Waals surface area contributed by atoms with Crippen molar-refractivity contribution in [3.63, 3.8) is 0 Å². The fourth-order valence-electron chi connectivity index (χ4n) is 1.27. The fourth-order valence-corrected chi connectivity index (χ4v) is 2.24. The Bertz CT molecular complexity index is 289. The number of hydrogen-bond donors (Lipinski definition) is 1. The summed E-state index contributed by atoms with van der Waals surface area (Å²) in [6, 6.07) is 0.297. The number of nitrogens with one attached hydrogen (secondary N) is 1. The Hall–Kier alpha value is -0.560. The standard InChI is InChI=1S/C10H19N3O2S/c1-4-8(11-2)10-13-12-9(16-10)7-15-6-5-14-3/h8,11H,4-7H2,1-3H3. The van der Waals surface area contributed by atoms with Crippen LogP contribution in [0, 0.1) is 0 Å². The SMILES string of the molecule is CCC(NC)c1nnc(COCCOC)s1. The van der Waals surface area contributed by atoms with Gasteiger partial charge in [0.25, 0.3) is 0 Å². The van der Waals surface area contributed by atoms with Crippen LogP contribution in [0.15, 0.2) is 0 Å². The summed E-state index contributed by atoms with van der Waals surface area (Å²) >= 11 is 1.60. The Labute approximate surface area is 100 Å². The Morgan fingerprint density at radius 1 is 1.38 bits per heavy atom. The lowest BCUT2D eigenvalue weighted by Crippen LogP contribution is -2.14. The highest BCUT2D eigenvalue weighted by atomic mass is 32.1. The molecule has 0 saturated heterocycles. The Morgan fingerprint density at radius 3 is 2.81 bits per heavy atom. The maximum atomic E-state index is 5.38. The van der Waals surface area contributed by atoms with Crippen LogP contribution >= 0.6 is 11.3 Å². The van der Waals surface area contributed by atoms with Gasteiger partial charge in [0.2, 0.25) is 0 Å². The average molecular weight is 245 g/mol. The number of rotatable bonds is 8. The molecule has 0 saturated carbocycles. The first-order valence-corrected chi connectivity index (χ1v) is 6.19. The average Bonchev–Trinajstić information content (AvgIpc) is 2.75. The van der Waals surface area contributed by atoms with Gasteiger partial charge in [-0.25, -0.2) is 0 Å². The maximum absolute atomic E-state index is 5.38. The molecule has 1 aromatic heterocycles. The van der Waals surface area contributed by atoms with Crippen molar-refractivity contribution in [1.82, 2.24) is 15.5 Å². The van der Waals surface area contributed by atoms with Crippen molar-refractivity contribution in [2.45, 2.75) is 26.0 Å². The molecule has 0 radical (unpaired) electrons. The number of aromatic nitrogens is 2. The molecular formula is C10H19N3O2S. The number of nitrogens with zero attached hydrogens (tertiary/aromatic N) is 2. The van der Waals surface area contributed by atoms with Crippen molar-refractivity contribution in [2.24, 2.45) is 0 Å². The van der Waals surface area contributed by atoms with E-state index < -0.39 is 0 Å². The van der Waals surface area contributed by atoms with Gasteiger partial charge in [0.1, 0.15) is 16.6 Å². The van der Waals surface area contributed by atoms with E-state index in [2.05, 4.69) is 22.4 Å². The van der Waals surface area contributed by atoms with Crippen LogP contribution in [-0.4, -0.2) is 37.6 Å². The van der Waals surface area contributed by atoms with E-state index in [0.29, 0.717) is 25.9 Å². The van der Waals surface area contributed by atoms with Gasteiger partial charge in [-0.3, -0.25) is 0 Å². The van der Waals surface area contributed by atoms with Crippen molar-refractivity contribution in [2.75, 3.05) is 27.4 Å². The van der Waals surface area contributed by atoms with E-state index in [1.807, 2.05) is 7.05 Å². The highest BCUT2D eigenvalue weighted by Crippen LogP contribution is 2.20. The predicted molar refractivity (Wildman–Crippen MR) is 63.5 cm³/mol. The van der Waals surface area contributed by atoms with Crippen molar-refractivity contribution in [1.29, 1.82) is 0 Å². The summed E-state index contributed by atoms with van der Waals surface area (Å²) < 4.78 is 10.3. The summed E-state index contributed by atoms with van der Waals surface area (Å²) in [7, 11) is 3.59. The topological polar surface area (TPSA) is 56.3 Å². The third-order valence-corrected chi connectivity index (χ3v) is 3.21. The zero-order valence-electron chi connectivity index (χ0n) is 10.0. The van der Waals surface area contributed by atoms with Crippen LogP contribution in [0.1, 0.15) is 29.4 Å². The van der Waals surface area contributed by atoms with Crippen LogP contribution in [0.3, 0.4) is 0 Å². The van der Waals surface area contributed by atoms with E-state index >= 15 is 0 Å². The van der Waals surface area contributed by atoms with Gasteiger partial charge in [-0.1, -0.05) is 18.3 Å². The summed E-state index contributed by atoms with van der Waals surface area (Å²) in [5.41, 5.74) is 0. The van der Waals surface area contributed by atoms with Gasteiger partial charge >= 0.3 is 0 Å². The van der Waals surface area contributed by atoms with Gasteiger partial charge in [0.05, 0.1) is 19.3 Å². The zero-order chi connectivity index (χ0) is 11.8. The number of hydrogen-bond acceptors (Lipinski definition) is 6. The second kappa shape index (κ2) is 7.67. The Balaban J connectivity index is 2.38. The first kappa shape index (κ1) is 13.5. The van der Waals surface area contributed by atoms with Crippen molar-refractivity contribution >= 4 is 11.3 Å². The van der Waals surface area contributed by atoms with Crippen LogP contribution in [0.4, 0.5) is 0 Å². The van der Waals surface area contributed by atoms with Gasteiger partial charge in [0.15, 0.2) is 0 Å². The number of ether oxygens (including phenoxy) is 2. The summed E-state index contributed by atoms with van der Waals surface area (Å²) in [4.78, 5) is 0. The first-order valence-electron chi connectivity index (χ1n) is 5.38. The molecule has 1 atom stereocenters. The molecule has 0 aliphatic rings. The normalized spacial score (nSPS) is 12.9. The molecule has 0 fully saturated rings. The first-order chi connectivity index (χ1) is 7.81. The highest BCUT2D eigenvalue weighted by molar-refractivity contribution is 7.11. The minimum absolute atomic E-state index is 0.297. The van der Waals surface area contributed by atoms with E-state index in [4.69, 9.17) is 9.47 Å². The summed E-state index contributed by atoms with van der Waals surface area (Å²) in [5, 5.41) is 13.4. The van der Waals surface area contributed by atoms with E-state index in [0.717, 1.165) is 16.4 Å². The molecule has 0 bridgehead atoms. The molecule has 16 heavy (non-hydrogen) atoms. The largest absolute Gasteiger partial charge is 0.382 e. The quantitative estimate of drug-likeness (QED) is 0.701. The lowest BCUT2D eigenvalue weighted by atomic mass is 10.2. The van der Waals surface area contributed by atoms with Gasteiger partial charge in [-0.15, -0.1) is 10.2 Å². The second-order valence-corrected chi connectivity index (χ2v) is 4.42. The fraction of sp³-hybridized carbons (Fsp3) is 0.800. The molecule has 5 nitrogen and oxygen atoms in total. The third-order valence-electron chi connectivity index (χ3n) is 2.19. The second-order valence-electron chi connectivity index (χ2n) is 3.33. The molecule has 1 aromatic rings. The van der Waals surface area contributed by atoms with Crippen LogP contribution in [-0.2, 0) is 16.1 Å². The van der Waals surface area contributed by atoms with Crippen LogP contribution in [0.2, 0.25) is 0 Å². The van der Waals surface area contributed by atoms with Crippen LogP contribution in [0.5, 0.6) is 0 Å². The van der Waals surface area contributed by atoms with E-state index in [1.54, 1.807) is 18.4 Å². The van der Waals surface area contributed by atoms with Crippen molar-refractivity contribution in [3.05, 3.63) is 10.0 Å². The summed E-state index contributed by atoms with van der Waals surface area (Å²) in [6.07, 6.45) is 1.01. The molecule has 1 unspecified atom stereocenters. The molecular weight excluding hydrogens is 226 g/mol. The smallest absolute Gasteiger partial charge is 0.143 e. The van der Waals surface area contributed by atoms with Gasteiger partial charge in [0, 0.05) is 7.11 Å². The highest BCUT2D eigenvalue weighted by Gasteiger charge is 2.12. The molecule has 0 amide bonds. The molecule has 1 heterocycles. The molecule has 1 N–H and O–H groups in total. The molecule has 92 valence electrons. The van der Waals surface area contributed by atoms with Gasteiger partial charge in [-0.05, 0) is 13.5 Å². The molecule has 0 aliphatic heterocycles. The molecule has 0 spiro atoms.